The molecule has 0 saturated carbocycles. The number of nitrogens with one attached hydrogen (secondary N) is 8. The predicted octanol–water partition coefficient (Wildman–Crippen LogP) is -3.18. The number of carbonyl (C=O) groups is 10. The smallest absolute Gasteiger partial charge is 0.326 e. The van der Waals surface area contributed by atoms with Crippen LogP contribution < -0.4 is 48.3 Å². The Morgan fingerprint density at radius 2 is 0.954 bits per heavy atom. The molecule has 0 aromatic carbocycles. The molecular formula is C40H71N9O14S2. The third kappa shape index (κ3) is 21.4. The van der Waals surface area contributed by atoms with Crippen LogP contribution in [0.4, 0.5) is 0 Å². The molecule has 0 aliphatic rings. The number of hydrogen-bond acceptors (Lipinski definition) is 15. The highest BCUT2D eigenvalue weighted by atomic mass is 32.2. The van der Waals surface area contributed by atoms with Gasteiger partial charge in [-0.15, -0.1) is 0 Å². The monoisotopic (exact) mass is 965 g/mol. The van der Waals surface area contributed by atoms with E-state index < -0.39 is 145 Å². The van der Waals surface area contributed by atoms with Crippen molar-refractivity contribution >= 4 is 83.6 Å². The van der Waals surface area contributed by atoms with Crippen molar-refractivity contribution in [3.05, 3.63) is 0 Å². The highest BCUT2D eigenvalue weighted by Crippen LogP contribution is 2.11. The molecule has 372 valence electrons. The molecule has 25 heteroatoms. The van der Waals surface area contributed by atoms with E-state index in [0.717, 1.165) is 0 Å². The summed E-state index contributed by atoms with van der Waals surface area (Å²) in [5.74, 6) is -12.1. The zero-order chi connectivity index (χ0) is 50.5. The summed E-state index contributed by atoms with van der Waals surface area (Å²) in [6, 6.07) is -12.9. The van der Waals surface area contributed by atoms with Gasteiger partial charge in [0.1, 0.15) is 48.3 Å². The average Bonchev–Trinajstić information content (AvgIpc) is 3.20. The van der Waals surface area contributed by atoms with Gasteiger partial charge in [0.05, 0.1) is 25.2 Å². The van der Waals surface area contributed by atoms with Gasteiger partial charge >= 0.3 is 11.9 Å². The maximum atomic E-state index is 13.7. The molecule has 0 aliphatic heterocycles. The van der Waals surface area contributed by atoms with Crippen LogP contribution in [0.15, 0.2) is 0 Å². The number of thiol groups is 1. The number of thioether (sulfide) groups is 1. The number of carbonyl (C=O) groups excluding carboxylic acids is 8. The summed E-state index contributed by atoms with van der Waals surface area (Å²) < 4.78 is 0. The lowest BCUT2D eigenvalue weighted by molar-refractivity contribution is -0.143. The molecule has 23 nitrogen and oxygen atoms in total. The summed E-state index contributed by atoms with van der Waals surface area (Å²) in [5.41, 5.74) is 5.90. The highest BCUT2D eigenvalue weighted by Gasteiger charge is 2.37. The Hall–Kier alpha value is -4.72. The van der Waals surface area contributed by atoms with Crippen LogP contribution in [0, 0.1) is 23.7 Å². The molecule has 0 aliphatic carbocycles. The maximum absolute atomic E-state index is 13.7. The largest absolute Gasteiger partial charge is 0.481 e. The molecule has 0 bridgehead atoms. The van der Waals surface area contributed by atoms with Crippen molar-refractivity contribution in [3.63, 3.8) is 0 Å². The van der Waals surface area contributed by atoms with Crippen molar-refractivity contribution < 1.29 is 68.4 Å². The van der Waals surface area contributed by atoms with Crippen molar-refractivity contribution in [1.82, 2.24) is 42.5 Å². The third-order valence-corrected chi connectivity index (χ3v) is 10.8. The minimum atomic E-state index is -1.91. The Balaban J connectivity index is 6.26. The van der Waals surface area contributed by atoms with Gasteiger partial charge in [-0.25, -0.2) is 4.79 Å². The molecule has 0 unspecified atom stereocenters. The molecule has 0 rings (SSSR count). The van der Waals surface area contributed by atoms with Gasteiger partial charge in [0.15, 0.2) is 0 Å². The van der Waals surface area contributed by atoms with E-state index >= 15 is 0 Å². The van der Waals surface area contributed by atoms with E-state index in [1.54, 1.807) is 47.8 Å². The van der Waals surface area contributed by atoms with Crippen LogP contribution >= 0.6 is 24.4 Å². The second-order valence-electron chi connectivity index (χ2n) is 17.0. The fourth-order valence-corrected chi connectivity index (χ4v) is 6.56. The van der Waals surface area contributed by atoms with Crippen LogP contribution in [-0.2, 0) is 47.9 Å². The number of aliphatic hydroxyl groups is 2. The van der Waals surface area contributed by atoms with Crippen LogP contribution in [0.2, 0.25) is 0 Å². The summed E-state index contributed by atoms with van der Waals surface area (Å²) in [6.45, 7) is 13.1. The lowest BCUT2D eigenvalue weighted by Gasteiger charge is -2.29. The number of amides is 8. The fourth-order valence-electron chi connectivity index (χ4n) is 5.83. The van der Waals surface area contributed by atoms with Gasteiger partial charge in [-0.1, -0.05) is 55.4 Å². The SMILES string of the molecule is CSCC[C@H](NC(=O)[C@H](CS)NC(=O)[C@@H](N)C(C)C)C(=O)N[C@H](C(=O)N[C@H](C(=O)N[C@@H](CC(=O)O)C(=O)N[C@@H](CO)C(=O)N[C@@H](CC(C)C)C(=O)N[C@H](C(=O)O)C(C)C)C(C)C)[C@@H](C)O. The average molecular weight is 966 g/mol. The van der Waals surface area contributed by atoms with Gasteiger partial charge in [0, 0.05) is 5.75 Å². The molecule has 0 saturated heterocycles. The topological polar surface area (TPSA) is 374 Å². The van der Waals surface area contributed by atoms with Gasteiger partial charge in [-0.3, -0.25) is 43.2 Å². The van der Waals surface area contributed by atoms with Crippen LogP contribution in [0.3, 0.4) is 0 Å². The number of nitrogens with two attached hydrogens (primary N) is 1. The van der Waals surface area contributed by atoms with Gasteiger partial charge < -0.3 is 68.7 Å². The molecule has 65 heavy (non-hydrogen) atoms. The molecule has 0 radical (unpaired) electrons. The van der Waals surface area contributed by atoms with Gasteiger partial charge in [0.2, 0.25) is 47.3 Å². The number of carboxylic acids is 2. The molecule has 0 aromatic rings. The number of carboxylic acid groups (broad SMARTS) is 2. The summed E-state index contributed by atoms with van der Waals surface area (Å²) in [7, 11) is 0. The zero-order valence-electron chi connectivity index (χ0n) is 38.6. The van der Waals surface area contributed by atoms with Crippen LogP contribution in [0.25, 0.3) is 0 Å². The first-order chi connectivity index (χ1) is 30.1. The van der Waals surface area contributed by atoms with E-state index in [1.807, 2.05) is 0 Å². The van der Waals surface area contributed by atoms with E-state index in [2.05, 4.69) is 55.2 Å². The molecule has 8 amide bonds. The Labute approximate surface area is 389 Å². The lowest BCUT2D eigenvalue weighted by atomic mass is 10.00. The Morgan fingerprint density at radius 3 is 1.40 bits per heavy atom. The van der Waals surface area contributed by atoms with Gasteiger partial charge in [0.25, 0.3) is 0 Å². The van der Waals surface area contributed by atoms with Crippen molar-refractivity contribution in [2.24, 2.45) is 29.4 Å². The van der Waals surface area contributed by atoms with E-state index in [9.17, 15) is 68.4 Å². The molecule has 0 heterocycles. The minimum Gasteiger partial charge on any atom is -0.481 e. The molecule has 0 fully saturated rings. The first-order valence-electron chi connectivity index (χ1n) is 21.1. The van der Waals surface area contributed by atoms with E-state index in [4.69, 9.17) is 5.73 Å². The Morgan fingerprint density at radius 1 is 0.538 bits per heavy atom. The lowest BCUT2D eigenvalue weighted by Crippen LogP contribution is -2.63. The molecule has 10 atom stereocenters. The van der Waals surface area contributed by atoms with E-state index in [-0.39, 0.29) is 30.4 Å². The molecule has 0 aromatic heterocycles. The van der Waals surface area contributed by atoms with Crippen LogP contribution in [0.1, 0.15) is 81.6 Å². The van der Waals surface area contributed by atoms with Gasteiger partial charge in [-0.05, 0) is 55.4 Å². The van der Waals surface area contributed by atoms with E-state index in [1.165, 1.54) is 32.5 Å². The first kappa shape index (κ1) is 60.3. The summed E-state index contributed by atoms with van der Waals surface area (Å²) in [6.07, 6.45) is -0.806. The highest BCUT2D eigenvalue weighted by molar-refractivity contribution is 7.98. The van der Waals surface area contributed by atoms with Crippen LogP contribution in [0.5, 0.6) is 0 Å². The Kier molecular flexibility index (Phi) is 27.6. The summed E-state index contributed by atoms with van der Waals surface area (Å²) >= 11 is 5.49. The fraction of sp³-hybridized carbons (Fsp3) is 0.750. The second-order valence-corrected chi connectivity index (χ2v) is 18.3. The number of rotatable bonds is 30. The normalized spacial score (nSPS) is 16.0. The van der Waals surface area contributed by atoms with Crippen LogP contribution in [-0.4, -0.2) is 164 Å². The quantitative estimate of drug-likeness (QED) is 0.0316. The number of aliphatic carboxylic acids is 2. The van der Waals surface area contributed by atoms with Gasteiger partial charge in [-0.2, -0.15) is 24.4 Å². The Bertz CT molecular complexity index is 1650. The zero-order valence-corrected chi connectivity index (χ0v) is 40.3. The van der Waals surface area contributed by atoms with Crippen molar-refractivity contribution in [2.75, 3.05) is 24.4 Å². The molecule has 0 spiro atoms. The molecular weight excluding hydrogens is 895 g/mol. The minimum absolute atomic E-state index is 0.0230. The van der Waals surface area contributed by atoms with Crippen molar-refractivity contribution in [1.29, 1.82) is 0 Å². The predicted molar refractivity (Wildman–Crippen MR) is 243 cm³/mol. The number of aliphatic hydroxyl groups excluding tert-OH is 2. The standard InChI is InChI=1S/C40H71N9O14S2/c1-17(2)13-23(34(56)48-30(20(7)8)40(62)63)43-35(57)25(15-50)45-33(55)24(14-27(52)53)44-38(60)29(19(5)6)47-39(61)31(21(9)51)49-32(54)22(11-12-65-10)42-36(58)26(16-64)46-37(59)28(41)18(3)4/h17-26,28-31,50-51,64H,11-16,41H2,1-10H3,(H,42,58)(H,43,57)(H,44,60)(H,45,55)(H,46,59)(H,47,61)(H,48,56)(H,49,54)(H,52,53)(H,62,63)/t21-,22+,23+,24+,25+,26+,28+,29+,30+,31+/m1/s1. The second kappa shape index (κ2) is 29.7. The summed E-state index contributed by atoms with van der Waals surface area (Å²) in [4.78, 5) is 130. The summed E-state index contributed by atoms with van der Waals surface area (Å²) in [5, 5.41) is 58.7. The molecule has 14 N–H and O–H groups in total. The van der Waals surface area contributed by atoms with Crippen molar-refractivity contribution in [2.45, 2.75) is 142 Å². The van der Waals surface area contributed by atoms with E-state index in [0.29, 0.717) is 5.75 Å². The first-order valence-corrected chi connectivity index (χ1v) is 23.2. The van der Waals surface area contributed by atoms with Crippen molar-refractivity contribution in [3.8, 4) is 0 Å². The maximum Gasteiger partial charge on any atom is 0.326 e. The third-order valence-electron chi connectivity index (χ3n) is 9.79. The number of hydrogen-bond donors (Lipinski definition) is 14.